The van der Waals surface area contributed by atoms with E-state index in [-0.39, 0.29) is 46.6 Å². The van der Waals surface area contributed by atoms with Gasteiger partial charge in [-0.1, -0.05) is 79.0 Å². The molecule has 5 rings (SSSR count). The van der Waals surface area contributed by atoms with Crippen LogP contribution in [0.3, 0.4) is 0 Å². The van der Waals surface area contributed by atoms with Gasteiger partial charge in [-0.25, -0.2) is 12.8 Å². The topological polar surface area (TPSA) is 139 Å². The third kappa shape index (κ3) is 8.84. The Bertz CT molecular complexity index is 2010. The number of hydrogen-bond donors (Lipinski definition) is 1. The van der Waals surface area contributed by atoms with E-state index in [0.717, 1.165) is 41.6 Å². The fraction of sp³-hybridized carbons (Fsp3) is 0.297. The molecule has 11 nitrogen and oxygen atoms in total. The molecule has 1 aliphatic carbocycles. The van der Waals surface area contributed by atoms with Crippen molar-refractivity contribution in [3.05, 3.63) is 129 Å². The smallest absolute Gasteiger partial charge is 0.273 e. The van der Waals surface area contributed by atoms with Crippen LogP contribution in [0.5, 0.6) is 5.75 Å². The number of anilines is 1. The second-order valence-corrected chi connectivity index (χ2v) is 14.6. The SMILES string of the molecule is COc1ccc(Cl)cc1N(CC(=O)N(Cc1ccccc1F)[C@H](Cc1ccccc1)C(=O)NC1CCCC1)S(=O)(=O)c1ccc(C)c([N+](=O)[O-])c1. The number of nitro benzene ring substituents is 1. The fourth-order valence-electron chi connectivity index (χ4n) is 6.18. The number of benzene rings is 4. The van der Waals surface area contributed by atoms with E-state index in [1.807, 2.05) is 6.07 Å². The summed E-state index contributed by atoms with van der Waals surface area (Å²) in [5.41, 5.74) is 0.510. The Balaban J connectivity index is 1.64. The molecular weight excluding hydrogens is 699 g/mol. The third-order valence-electron chi connectivity index (χ3n) is 8.92. The first-order valence-electron chi connectivity index (χ1n) is 16.4. The monoisotopic (exact) mass is 736 g/mol. The second kappa shape index (κ2) is 16.3. The predicted octanol–water partition coefficient (Wildman–Crippen LogP) is 6.60. The van der Waals surface area contributed by atoms with Crippen LogP contribution >= 0.6 is 11.6 Å². The van der Waals surface area contributed by atoms with Crippen molar-refractivity contribution in [1.82, 2.24) is 10.2 Å². The number of rotatable bonds is 14. The number of amides is 2. The zero-order valence-corrected chi connectivity index (χ0v) is 29.7. The Morgan fingerprint density at radius 3 is 2.37 bits per heavy atom. The van der Waals surface area contributed by atoms with Gasteiger partial charge in [-0.3, -0.25) is 24.0 Å². The van der Waals surface area contributed by atoms with Gasteiger partial charge in [0.25, 0.3) is 15.7 Å². The first-order chi connectivity index (χ1) is 24.4. The second-order valence-electron chi connectivity index (χ2n) is 12.3. The number of hydrogen-bond acceptors (Lipinski definition) is 7. The molecule has 0 bridgehead atoms. The minimum absolute atomic E-state index is 0.0397. The number of nitrogens with one attached hydrogen (secondary N) is 1. The van der Waals surface area contributed by atoms with Gasteiger partial charge >= 0.3 is 0 Å². The lowest BCUT2D eigenvalue weighted by Gasteiger charge is -2.34. The van der Waals surface area contributed by atoms with Crippen molar-refractivity contribution in [2.24, 2.45) is 0 Å². The molecule has 0 saturated heterocycles. The summed E-state index contributed by atoms with van der Waals surface area (Å²) in [6.07, 6.45) is 3.48. The maximum Gasteiger partial charge on any atom is 0.273 e. The lowest BCUT2D eigenvalue weighted by Crippen LogP contribution is -2.54. The minimum Gasteiger partial charge on any atom is -0.495 e. The summed E-state index contributed by atoms with van der Waals surface area (Å²) in [5.74, 6) is -1.87. The van der Waals surface area contributed by atoms with Crippen molar-refractivity contribution >= 4 is 44.8 Å². The first-order valence-corrected chi connectivity index (χ1v) is 18.2. The van der Waals surface area contributed by atoms with Gasteiger partial charge in [0, 0.05) is 41.2 Å². The normalized spacial score (nSPS) is 13.7. The van der Waals surface area contributed by atoms with Crippen LogP contribution in [0.15, 0.2) is 95.9 Å². The molecule has 4 aromatic carbocycles. The van der Waals surface area contributed by atoms with Crippen molar-refractivity contribution in [2.75, 3.05) is 18.0 Å². The molecule has 0 radical (unpaired) electrons. The van der Waals surface area contributed by atoms with E-state index in [1.54, 1.807) is 30.3 Å². The number of carbonyl (C=O) groups excluding carboxylic acids is 2. The predicted molar refractivity (Wildman–Crippen MR) is 192 cm³/mol. The lowest BCUT2D eigenvalue weighted by molar-refractivity contribution is -0.385. The maximum absolute atomic E-state index is 15.2. The summed E-state index contributed by atoms with van der Waals surface area (Å²) >= 11 is 6.33. The van der Waals surface area contributed by atoms with Crippen LogP contribution in [-0.2, 0) is 32.6 Å². The number of methoxy groups -OCH3 is 1. The average Bonchev–Trinajstić information content (AvgIpc) is 3.62. The number of carbonyl (C=O) groups is 2. The Hall–Kier alpha value is -5.01. The van der Waals surface area contributed by atoms with Crippen molar-refractivity contribution in [3.63, 3.8) is 0 Å². The highest BCUT2D eigenvalue weighted by atomic mass is 35.5. The molecule has 1 N–H and O–H groups in total. The molecule has 1 aliphatic rings. The summed E-state index contributed by atoms with van der Waals surface area (Å²) in [7, 11) is -3.43. The zero-order chi connectivity index (χ0) is 36.7. The van der Waals surface area contributed by atoms with Crippen molar-refractivity contribution < 1.29 is 32.1 Å². The van der Waals surface area contributed by atoms with Crippen LogP contribution in [0.1, 0.15) is 42.4 Å². The highest BCUT2D eigenvalue weighted by molar-refractivity contribution is 7.92. The van der Waals surface area contributed by atoms with E-state index in [4.69, 9.17) is 16.3 Å². The van der Waals surface area contributed by atoms with Crippen LogP contribution in [0.25, 0.3) is 0 Å². The molecule has 51 heavy (non-hydrogen) atoms. The van der Waals surface area contributed by atoms with Crippen LogP contribution in [0, 0.1) is 22.9 Å². The van der Waals surface area contributed by atoms with Gasteiger partial charge in [0.1, 0.15) is 24.2 Å². The van der Waals surface area contributed by atoms with E-state index in [2.05, 4.69) is 5.32 Å². The number of nitrogens with zero attached hydrogens (tertiary/aromatic N) is 3. The maximum atomic E-state index is 15.2. The van der Waals surface area contributed by atoms with Crippen LogP contribution < -0.4 is 14.4 Å². The summed E-state index contributed by atoms with van der Waals surface area (Å²) in [4.78, 5) is 40.7. The molecule has 268 valence electrons. The Kier molecular flexibility index (Phi) is 11.9. The average molecular weight is 737 g/mol. The number of aryl methyl sites for hydroxylation is 1. The number of ether oxygens (including phenoxy) is 1. The van der Waals surface area contributed by atoms with Gasteiger partial charge in [0.05, 0.1) is 22.6 Å². The van der Waals surface area contributed by atoms with E-state index >= 15 is 4.39 Å². The largest absolute Gasteiger partial charge is 0.495 e. The quantitative estimate of drug-likeness (QED) is 0.114. The van der Waals surface area contributed by atoms with Gasteiger partial charge in [-0.15, -0.1) is 0 Å². The van der Waals surface area contributed by atoms with Gasteiger partial charge < -0.3 is 15.0 Å². The molecule has 0 unspecified atom stereocenters. The van der Waals surface area contributed by atoms with E-state index < -0.39 is 55.7 Å². The first kappa shape index (κ1) is 37.3. The number of sulfonamides is 1. The molecule has 1 fully saturated rings. The van der Waals surface area contributed by atoms with Crippen molar-refractivity contribution in [3.8, 4) is 5.75 Å². The Morgan fingerprint density at radius 2 is 1.71 bits per heavy atom. The molecular formula is C37H38ClFN4O7S. The molecule has 0 spiro atoms. The van der Waals surface area contributed by atoms with E-state index in [9.17, 15) is 28.1 Å². The standard InChI is InChI=1S/C37H38ClFN4O7S/c1-25-16-18-30(22-32(25)43(46)47)51(48,49)42(33-21-28(38)17-19-35(33)50-2)24-36(44)41(23-27-12-6-9-15-31(27)39)34(20-26-10-4-3-5-11-26)37(45)40-29-13-7-8-14-29/h3-6,9-12,15-19,21-22,29,34H,7-8,13-14,20,23-24H2,1-2H3,(H,40,45)/t34-/m1/s1. The number of nitro groups is 1. The number of halogens is 2. The Labute approximate surface area is 301 Å². The molecule has 1 atom stereocenters. The van der Waals surface area contributed by atoms with Crippen LogP contribution in [-0.4, -0.2) is 55.8 Å². The molecule has 0 aromatic heterocycles. The summed E-state index contributed by atoms with van der Waals surface area (Å²) < 4.78 is 50.4. The third-order valence-corrected chi connectivity index (χ3v) is 10.9. The molecule has 4 aromatic rings. The minimum atomic E-state index is -4.74. The van der Waals surface area contributed by atoms with Gasteiger partial charge in [-0.05, 0) is 55.7 Å². The lowest BCUT2D eigenvalue weighted by atomic mass is 10.0. The zero-order valence-electron chi connectivity index (χ0n) is 28.1. The Morgan fingerprint density at radius 1 is 1.02 bits per heavy atom. The van der Waals surface area contributed by atoms with Gasteiger partial charge in [0.2, 0.25) is 11.8 Å². The fourth-order valence-corrected chi connectivity index (χ4v) is 7.78. The van der Waals surface area contributed by atoms with E-state index in [0.29, 0.717) is 0 Å². The highest BCUT2D eigenvalue weighted by Crippen LogP contribution is 2.36. The molecule has 0 heterocycles. The van der Waals surface area contributed by atoms with Crippen LogP contribution in [0.2, 0.25) is 5.02 Å². The summed E-state index contributed by atoms with van der Waals surface area (Å²) in [5, 5.41) is 15.0. The molecule has 0 aliphatic heterocycles. The van der Waals surface area contributed by atoms with E-state index in [1.165, 1.54) is 67.5 Å². The van der Waals surface area contributed by atoms with Gasteiger partial charge in [-0.2, -0.15) is 0 Å². The van der Waals surface area contributed by atoms with Crippen molar-refractivity contribution in [2.45, 2.75) is 62.6 Å². The highest BCUT2D eigenvalue weighted by Gasteiger charge is 2.37. The summed E-state index contributed by atoms with van der Waals surface area (Å²) in [6, 6.07) is 21.2. The van der Waals surface area contributed by atoms with Gasteiger partial charge in [0.15, 0.2) is 0 Å². The molecule has 14 heteroatoms. The van der Waals surface area contributed by atoms with Crippen molar-refractivity contribution in [1.29, 1.82) is 0 Å². The summed E-state index contributed by atoms with van der Waals surface area (Å²) in [6.45, 7) is 0.217. The molecule has 2 amide bonds. The van der Waals surface area contributed by atoms with Crippen LogP contribution in [0.4, 0.5) is 15.8 Å². The molecule has 1 saturated carbocycles.